The van der Waals surface area contributed by atoms with Gasteiger partial charge in [0.2, 0.25) is 0 Å². The molecule has 0 bridgehead atoms. The summed E-state index contributed by atoms with van der Waals surface area (Å²) in [5.74, 6) is -0.420. The van der Waals surface area contributed by atoms with Crippen LogP contribution in [0.3, 0.4) is 0 Å². The van der Waals surface area contributed by atoms with E-state index in [-0.39, 0.29) is 0 Å². The van der Waals surface area contributed by atoms with E-state index in [0.29, 0.717) is 19.4 Å². The minimum absolute atomic E-state index is 0.310. The first kappa shape index (κ1) is 9.78. The Bertz CT molecular complexity index is 407. The van der Waals surface area contributed by atoms with Gasteiger partial charge in [0.15, 0.2) is 0 Å². The van der Waals surface area contributed by atoms with Crippen molar-refractivity contribution in [3.05, 3.63) is 35.1 Å². The molecular weight excluding hydrogens is 194 g/mol. The highest BCUT2D eigenvalue weighted by Crippen LogP contribution is 2.34. The fourth-order valence-electron chi connectivity index (χ4n) is 1.89. The third-order valence-corrected chi connectivity index (χ3v) is 2.67. The molecule has 15 heavy (non-hydrogen) atoms. The molecule has 0 aliphatic heterocycles. The number of rotatable bonds is 2. The summed E-state index contributed by atoms with van der Waals surface area (Å²) < 4.78 is 9.95. The summed E-state index contributed by atoms with van der Waals surface area (Å²) in [7, 11) is 0. The van der Waals surface area contributed by atoms with Gasteiger partial charge in [0.1, 0.15) is 0 Å². The minimum Gasteiger partial charge on any atom is -0.472 e. The predicted molar refractivity (Wildman–Crippen MR) is 52.1 cm³/mol. The largest absolute Gasteiger partial charge is 0.472 e. The first-order valence-electron chi connectivity index (χ1n) is 4.81. The van der Waals surface area contributed by atoms with Gasteiger partial charge in [-0.15, -0.1) is 0 Å². The van der Waals surface area contributed by atoms with E-state index in [1.165, 1.54) is 0 Å². The molecule has 0 amide bonds. The molecule has 1 aromatic rings. The molecule has 0 atom stereocenters. The summed E-state index contributed by atoms with van der Waals surface area (Å²) in [6.45, 7) is 9.22. The standard InChI is InChI=1S/C11H11NO3/c1-3-15-10(13)11(12-2)4-8-6-14-7-9(8)5-11/h6-7H,3-5H2,1H3. The summed E-state index contributed by atoms with van der Waals surface area (Å²) in [5, 5.41) is 0. The lowest BCUT2D eigenvalue weighted by Crippen LogP contribution is -2.37. The van der Waals surface area contributed by atoms with Crippen molar-refractivity contribution in [2.45, 2.75) is 25.3 Å². The van der Waals surface area contributed by atoms with Gasteiger partial charge in [-0.25, -0.2) is 11.4 Å². The van der Waals surface area contributed by atoms with E-state index < -0.39 is 11.5 Å². The van der Waals surface area contributed by atoms with E-state index in [4.69, 9.17) is 15.7 Å². The molecular formula is C11H11NO3. The molecule has 78 valence electrons. The lowest BCUT2D eigenvalue weighted by Gasteiger charge is -2.13. The fourth-order valence-corrected chi connectivity index (χ4v) is 1.89. The van der Waals surface area contributed by atoms with Crippen molar-refractivity contribution < 1.29 is 13.9 Å². The van der Waals surface area contributed by atoms with Gasteiger partial charge in [-0.3, -0.25) is 4.85 Å². The second-order valence-electron chi connectivity index (χ2n) is 3.64. The van der Waals surface area contributed by atoms with Crippen LogP contribution in [0.25, 0.3) is 4.85 Å². The number of carbonyl (C=O) groups excluding carboxylic acids is 1. The lowest BCUT2D eigenvalue weighted by molar-refractivity contribution is -0.147. The van der Waals surface area contributed by atoms with Crippen LogP contribution >= 0.6 is 0 Å². The number of hydrogen-bond acceptors (Lipinski definition) is 3. The SMILES string of the molecule is [C-]#[N+]C1(C(=O)OCC)Cc2cocc2C1. The molecule has 0 aromatic carbocycles. The Morgan fingerprint density at radius 3 is 2.67 bits per heavy atom. The second-order valence-corrected chi connectivity index (χ2v) is 3.64. The van der Waals surface area contributed by atoms with Crippen LogP contribution in [0.1, 0.15) is 18.1 Å². The topological polar surface area (TPSA) is 43.8 Å². The van der Waals surface area contributed by atoms with E-state index in [1.54, 1.807) is 19.5 Å². The van der Waals surface area contributed by atoms with Crippen LogP contribution in [0.4, 0.5) is 0 Å². The molecule has 0 saturated carbocycles. The average Bonchev–Trinajstić information content (AvgIpc) is 2.75. The number of hydrogen-bond donors (Lipinski definition) is 0. The maximum Gasteiger partial charge on any atom is 0.394 e. The highest BCUT2D eigenvalue weighted by atomic mass is 16.5. The van der Waals surface area contributed by atoms with Gasteiger partial charge >= 0.3 is 11.5 Å². The highest BCUT2D eigenvalue weighted by Gasteiger charge is 2.52. The van der Waals surface area contributed by atoms with Gasteiger partial charge in [0.25, 0.3) is 0 Å². The maximum absolute atomic E-state index is 11.7. The van der Waals surface area contributed by atoms with Crippen LogP contribution in [0.15, 0.2) is 16.9 Å². The van der Waals surface area contributed by atoms with Gasteiger partial charge in [0.05, 0.1) is 32.0 Å². The highest BCUT2D eigenvalue weighted by molar-refractivity contribution is 5.85. The summed E-state index contributed by atoms with van der Waals surface area (Å²) in [6, 6.07) is 0. The molecule has 1 aliphatic carbocycles. The molecule has 0 N–H and O–H groups in total. The zero-order chi connectivity index (χ0) is 10.9. The van der Waals surface area contributed by atoms with Gasteiger partial charge < -0.3 is 9.15 Å². The summed E-state index contributed by atoms with van der Waals surface area (Å²) in [4.78, 5) is 15.2. The number of furan rings is 1. The molecule has 1 heterocycles. The molecule has 0 radical (unpaired) electrons. The molecule has 0 saturated heterocycles. The Balaban J connectivity index is 2.25. The van der Waals surface area contributed by atoms with Crippen molar-refractivity contribution in [3.63, 3.8) is 0 Å². The summed E-state index contributed by atoms with van der Waals surface area (Å²) in [6.07, 6.45) is 4.01. The average molecular weight is 205 g/mol. The van der Waals surface area contributed by atoms with Crippen molar-refractivity contribution >= 4 is 5.97 Å². The van der Waals surface area contributed by atoms with Gasteiger partial charge in [0, 0.05) is 11.1 Å². The fraction of sp³-hybridized carbons (Fsp3) is 0.455. The third-order valence-electron chi connectivity index (χ3n) is 2.67. The van der Waals surface area contributed by atoms with Crippen LogP contribution in [0.5, 0.6) is 0 Å². The summed E-state index contributed by atoms with van der Waals surface area (Å²) >= 11 is 0. The van der Waals surface area contributed by atoms with Gasteiger partial charge in [-0.2, -0.15) is 0 Å². The Hall–Kier alpha value is -1.76. The molecule has 4 heteroatoms. The van der Waals surface area contributed by atoms with Crippen LogP contribution < -0.4 is 0 Å². The first-order valence-corrected chi connectivity index (χ1v) is 4.81. The van der Waals surface area contributed by atoms with Gasteiger partial charge in [-0.1, -0.05) is 0 Å². The van der Waals surface area contributed by atoms with E-state index >= 15 is 0 Å². The number of ether oxygens (including phenoxy) is 1. The second kappa shape index (κ2) is 3.43. The van der Waals surface area contributed by atoms with Crippen molar-refractivity contribution in [2.75, 3.05) is 6.61 Å². The van der Waals surface area contributed by atoms with Gasteiger partial charge in [-0.05, 0) is 6.92 Å². The number of carbonyl (C=O) groups is 1. The van der Waals surface area contributed by atoms with Crippen molar-refractivity contribution in [1.82, 2.24) is 0 Å². The zero-order valence-electron chi connectivity index (χ0n) is 8.45. The van der Waals surface area contributed by atoms with Crippen molar-refractivity contribution in [1.29, 1.82) is 0 Å². The van der Waals surface area contributed by atoms with Crippen LogP contribution in [0, 0.1) is 6.57 Å². The van der Waals surface area contributed by atoms with Crippen molar-refractivity contribution in [3.8, 4) is 0 Å². The Labute approximate surface area is 87.7 Å². The Kier molecular flexibility index (Phi) is 2.24. The number of fused-ring (bicyclic) bond motifs is 1. The molecule has 1 aromatic heterocycles. The lowest BCUT2D eigenvalue weighted by atomic mass is 9.97. The normalized spacial score (nSPS) is 16.8. The zero-order valence-corrected chi connectivity index (χ0v) is 8.45. The molecule has 1 aliphatic rings. The first-order chi connectivity index (χ1) is 7.22. The number of nitrogens with zero attached hydrogens (tertiary/aromatic N) is 1. The predicted octanol–water partition coefficient (Wildman–Crippen LogP) is 1.60. The molecule has 0 unspecified atom stereocenters. The van der Waals surface area contributed by atoms with E-state index in [0.717, 1.165) is 11.1 Å². The quantitative estimate of drug-likeness (QED) is 0.544. The number of esters is 1. The minimum atomic E-state index is -1.04. The maximum atomic E-state index is 11.7. The van der Waals surface area contributed by atoms with E-state index in [1.807, 2.05) is 0 Å². The molecule has 0 spiro atoms. The Morgan fingerprint density at radius 1 is 1.60 bits per heavy atom. The monoisotopic (exact) mass is 205 g/mol. The summed E-state index contributed by atoms with van der Waals surface area (Å²) in [5.41, 5.74) is 0.843. The van der Waals surface area contributed by atoms with Crippen LogP contribution in [0.2, 0.25) is 0 Å². The van der Waals surface area contributed by atoms with Crippen LogP contribution in [-0.4, -0.2) is 18.1 Å². The van der Waals surface area contributed by atoms with Crippen LogP contribution in [-0.2, 0) is 22.4 Å². The van der Waals surface area contributed by atoms with Crippen molar-refractivity contribution in [2.24, 2.45) is 0 Å². The molecule has 0 fully saturated rings. The third kappa shape index (κ3) is 1.40. The Morgan fingerprint density at radius 2 is 2.20 bits per heavy atom. The van der Waals surface area contributed by atoms with E-state index in [2.05, 4.69) is 4.85 Å². The molecule has 4 nitrogen and oxygen atoms in total. The van der Waals surface area contributed by atoms with E-state index in [9.17, 15) is 4.79 Å². The smallest absolute Gasteiger partial charge is 0.394 e. The molecule has 2 rings (SSSR count).